The van der Waals surface area contributed by atoms with E-state index in [0.29, 0.717) is 34.3 Å². The van der Waals surface area contributed by atoms with Gasteiger partial charge in [-0.25, -0.2) is 10.1 Å². The van der Waals surface area contributed by atoms with Crippen LogP contribution in [0.1, 0.15) is 21.7 Å². The Bertz CT molecular complexity index is 1350. The molecule has 1 amide bonds. The highest BCUT2D eigenvalue weighted by atomic mass is 32.2. The predicted molar refractivity (Wildman–Crippen MR) is 131 cm³/mol. The second-order valence-electron chi connectivity index (χ2n) is 7.02. The molecule has 4 rings (SSSR count). The quantitative estimate of drug-likeness (QED) is 0.183. The number of ether oxygens (including phenoxy) is 3. The fourth-order valence-electron chi connectivity index (χ4n) is 3.15. The van der Waals surface area contributed by atoms with Gasteiger partial charge in [0.1, 0.15) is 17.2 Å². The Kier molecular flexibility index (Phi) is 7.65. The fourth-order valence-corrected chi connectivity index (χ4v) is 4.06. The second-order valence-corrected chi connectivity index (χ2v) is 8.06. The Morgan fingerprint density at radius 2 is 1.86 bits per heavy atom. The lowest BCUT2D eigenvalue weighted by molar-refractivity contribution is 0.0949. The summed E-state index contributed by atoms with van der Waals surface area (Å²) in [5, 5.41) is 19.5. The van der Waals surface area contributed by atoms with Crippen LogP contribution in [-0.4, -0.2) is 58.8 Å². The number of nitrogens with two attached hydrogens (primary N) is 1. The van der Waals surface area contributed by atoms with Gasteiger partial charge < -0.3 is 19.9 Å². The van der Waals surface area contributed by atoms with Crippen molar-refractivity contribution in [1.29, 1.82) is 0 Å². The van der Waals surface area contributed by atoms with Crippen LogP contribution in [0.5, 0.6) is 17.2 Å². The Balaban J connectivity index is 1.60. The third kappa shape index (κ3) is 5.22. The molecule has 0 aliphatic heterocycles. The van der Waals surface area contributed by atoms with Crippen LogP contribution in [0, 0.1) is 0 Å². The van der Waals surface area contributed by atoms with E-state index in [0.717, 1.165) is 4.90 Å². The van der Waals surface area contributed by atoms with Crippen LogP contribution in [0.25, 0.3) is 5.82 Å². The standard InChI is InChI=1S/C22H22N8O5S/c1-32-13-9-17(33-2)15(18(10-13)34-3)11-24-26-22(31)19-16(12-36-14-7-5-4-6-8-14)30(29-25-19)21-20(23)27-35-28-21/h4-11H,12H2,1-3H3,(H2,23,27)(H,26,31)/b24-11+. The van der Waals surface area contributed by atoms with E-state index in [-0.39, 0.29) is 17.3 Å². The first-order valence-electron chi connectivity index (χ1n) is 10.4. The van der Waals surface area contributed by atoms with Gasteiger partial charge in [0, 0.05) is 22.8 Å². The number of nitrogen functional groups attached to an aromatic ring is 1. The van der Waals surface area contributed by atoms with Gasteiger partial charge in [0.2, 0.25) is 11.6 Å². The molecule has 0 spiro atoms. The van der Waals surface area contributed by atoms with Crippen molar-refractivity contribution in [1.82, 2.24) is 30.7 Å². The minimum absolute atomic E-state index is 0.00883. The zero-order valence-electron chi connectivity index (χ0n) is 19.5. The maximum Gasteiger partial charge on any atom is 0.293 e. The van der Waals surface area contributed by atoms with Crippen molar-refractivity contribution < 1.29 is 23.6 Å². The van der Waals surface area contributed by atoms with Crippen molar-refractivity contribution in [3.8, 4) is 23.1 Å². The summed E-state index contributed by atoms with van der Waals surface area (Å²) >= 11 is 1.48. The molecule has 2 aromatic heterocycles. The van der Waals surface area contributed by atoms with Gasteiger partial charge in [-0.15, -0.1) is 16.9 Å². The highest BCUT2D eigenvalue weighted by Gasteiger charge is 2.24. The summed E-state index contributed by atoms with van der Waals surface area (Å²) in [6, 6.07) is 13.0. The van der Waals surface area contributed by atoms with Crippen molar-refractivity contribution in [2.45, 2.75) is 10.6 Å². The molecule has 186 valence electrons. The first-order valence-corrected chi connectivity index (χ1v) is 11.4. The van der Waals surface area contributed by atoms with E-state index in [1.54, 1.807) is 12.1 Å². The fraction of sp³-hybridized carbons (Fsp3) is 0.182. The summed E-state index contributed by atoms with van der Waals surface area (Å²) in [4.78, 5) is 14.0. The van der Waals surface area contributed by atoms with Crippen LogP contribution in [-0.2, 0) is 5.75 Å². The summed E-state index contributed by atoms with van der Waals surface area (Å²) in [6.07, 6.45) is 1.40. The lowest BCUT2D eigenvalue weighted by atomic mass is 10.2. The number of amides is 1. The van der Waals surface area contributed by atoms with E-state index in [1.807, 2.05) is 30.3 Å². The smallest absolute Gasteiger partial charge is 0.293 e. The van der Waals surface area contributed by atoms with E-state index in [1.165, 1.54) is 44.0 Å². The molecule has 4 aromatic rings. The van der Waals surface area contributed by atoms with Gasteiger partial charge in [-0.1, -0.05) is 23.4 Å². The maximum atomic E-state index is 13.0. The first kappa shape index (κ1) is 24.5. The average molecular weight is 511 g/mol. The molecule has 36 heavy (non-hydrogen) atoms. The van der Waals surface area contributed by atoms with Gasteiger partial charge in [-0.3, -0.25) is 4.79 Å². The average Bonchev–Trinajstić information content (AvgIpc) is 3.53. The van der Waals surface area contributed by atoms with Crippen molar-refractivity contribution in [2.24, 2.45) is 5.10 Å². The molecule has 0 atom stereocenters. The molecule has 2 aromatic carbocycles. The molecule has 0 fully saturated rings. The molecule has 13 nitrogen and oxygen atoms in total. The summed E-state index contributed by atoms with van der Waals surface area (Å²) in [5.41, 5.74) is 9.27. The molecule has 3 N–H and O–H groups in total. The SMILES string of the molecule is COc1cc(OC)c(/C=N/NC(=O)c2nnn(-c3nonc3N)c2CSc2ccccc2)c(OC)c1. The number of carbonyl (C=O) groups is 1. The lowest BCUT2D eigenvalue weighted by Crippen LogP contribution is -2.20. The Morgan fingerprint density at radius 1 is 1.14 bits per heavy atom. The van der Waals surface area contributed by atoms with E-state index >= 15 is 0 Å². The van der Waals surface area contributed by atoms with Crippen LogP contribution in [0.4, 0.5) is 5.82 Å². The van der Waals surface area contributed by atoms with Gasteiger partial charge in [-0.2, -0.15) is 9.78 Å². The van der Waals surface area contributed by atoms with Crippen LogP contribution in [0.2, 0.25) is 0 Å². The number of thioether (sulfide) groups is 1. The number of hydrazone groups is 1. The number of anilines is 1. The van der Waals surface area contributed by atoms with Gasteiger partial charge in [-0.05, 0) is 22.4 Å². The zero-order chi connectivity index (χ0) is 25.5. The number of methoxy groups -OCH3 is 3. The molecule has 0 radical (unpaired) electrons. The molecule has 0 aliphatic rings. The normalized spacial score (nSPS) is 11.0. The van der Waals surface area contributed by atoms with E-state index < -0.39 is 5.91 Å². The Hall–Kier alpha value is -4.59. The summed E-state index contributed by atoms with van der Waals surface area (Å²) in [5.74, 6) is 1.31. The lowest BCUT2D eigenvalue weighted by Gasteiger charge is -2.12. The number of hydrogen-bond acceptors (Lipinski definition) is 12. The topological polar surface area (TPSA) is 165 Å². The van der Waals surface area contributed by atoms with Crippen LogP contribution in [0.3, 0.4) is 0 Å². The van der Waals surface area contributed by atoms with Gasteiger partial charge in [0.25, 0.3) is 5.91 Å². The number of benzene rings is 2. The van der Waals surface area contributed by atoms with Crippen LogP contribution < -0.4 is 25.4 Å². The number of hydrogen-bond donors (Lipinski definition) is 2. The molecule has 0 saturated heterocycles. The molecule has 0 aliphatic carbocycles. The molecular formula is C22H22N8O5S. The Morgan fingerprint density at radius 3 is 2.47 bits per heavy atom. The third-order valence-corrected chi connectivity index (χ3v) is 5.93. The largest absolute Gasteiger partial charge is 0.496 e. The number of carbonyl (C=O) groups excluding carboxylic acids is 1. The molecule has 0 saturated carbocycles. The highest BCUT2D eigenvalue weighted by molar-refractivity contribution is 7.98. The van der Waals surface area contributed by atoms with Gasteiger partial charge in [0.15, 0.2) is 5.69 Å². The minimum Gasteiger partial charge on any atom is -0.496 e. The van der Waals surface area contributed by atoms with Gasteiger partial charge in [0.05, 0.1) is 38.8 Å². The van der Waals surface area contributed by atoms with E-state index in [9.17, 15) is 4.79 Å². The monoisotopic (exact) mass is 510 g/mol. The minimum atomic E-state index is -0.595. The molecule has 0 bridgehead atoms. The highest BCUT2D eigenvalue weighted by Crippen LogP contribution is 2.32. The predicted octanol–water partition coefficient (Wildman–Crippen LogP) is 2.31. The molecule has 14 heteroatoms. The van der Waals surface area contributed by atoms with Crippen molar-refractivity contribution in [2.75, 3.05) is 27.1 Å². The summed E-state index contributed by atoms with van der Waals surface area (Å²) in [6.45, 7) is 0. The molecule has 2 heterocycles. The maximum absolute atomic E-state index is 13.0. The van der Waals surface area contributed by atoms with Crippen LogP contribution in [0.15, 0.2) is 57.1 Å². The molecular weight excluding hydrogens is 488 g/mol. The first-order chi connectivity index (χ1) is 17.5. The van der Waals surface area contributed by atoms with Crippen molar-refractivity contribution in [3.05, 3.63) is 59.4 Å². The molecule has 0 unspecified atom stereocenters. The van der Waals surface area contributed by atoms with E-state index in [4.69, 9.17) is 19.9 Å². The van der Waals surface area contributed by atoms with Crippen molar-refractivity contribution >= 4 is 29.7 Å². The summed E-state index contributed by atoms with van der Waals surface area (Å²) < 4.78 is 22.0. The number of rotatable bonds is 10. The third-order valence-electron chi connectivity index (χ3n) is 4.91. The van der Waals surface area contributed by atoms with Crippen molar-refractivity contribution in [3.63, 3.8) is 0 Å². The zero-order valence-corrected chi connectivity index (χ0v) is 20.4. The van der Waals surface area contributed by atoms with Crippen LogP contribution >= 0.6 is 11.8 Å². The number of aromatic nitrogens is 5. The second kappa shape index (κ2) is 11.2. The Labute approximate surface area is 209 Å². The summed E-state index contributed by atoms with van der Waals surface area (Å²) in [7, 11) is 4.54. The van der Waals surface area contributed by atoms with E-state index in [2.05, 4.69) is 35.8 Å². The van der Waals surface area contributed by atoms with Gasteiger partial charge >= 0.3 is 0 Å². The number of nitrogens with one attached hydrogen (secondary N) is 1. The number of nitrogens with zero attached hydrogens (tertiary/aromatic N) is 6.